The molecule has 13 heavy (non-hydrogen) atoms. The first-order valence-corrected chi connectivity index (χ1v) is 7.24. The number of carbonyl (C=O) groups excluding carboxylic acids is 1. The Kier molecular flexibility index (Phi) is 5.16. The molecule has 0 spiro atoms. The predicted octanol–water partition coefficient (Wildman–Crippen LogP) is 3.15. The number of carbonyl (C=O) groups is 1. The molecule has 0 N–H and O–H groups in total. The third kappa shape index (κ3) is 4.04. The van der Waals surface area contributed by atoms with Crippen molar-refractivity contribution in [3.05, 3.63) is 0 Å². The molecule has 1 aliphatic carbocycles. The Hall–Kier alpha value is 1.79. The number of halogens is 2. The average Bonchev–Trinajstić information content (AvgIpc) is 2.03. The first-order chi connectivity index (χ1) is 5.92. The van der Waals surface area contributed by atoms with Gasteiger partial charge in [0.2, 0.25) is 5.91 Å². The predicted molar refractivity (Wildman–Crippen MR) is 79.0 cm³/mol. The second kappa shape index (κ2) is 5.22. The number of amides is 1. The number of rotatable bonds is 1. The van der Waals surface area contributed by atoms with Crippen molar-refractivity contribution in [2.45, 2.75) is 30.6 Å². The maximum Gasteiger partial charge on any atom is 0.243 e. The third-order valence-corrected chi connectivity index (χ3v) is 4.54. The lowest BCUT2D eigenvalue weighted by Crippen LogP contribution is -2.29. The Bertz CT molecular complexity index is 201. The van der Waals surface area contributed by atoms with Crippen LogP contribution in [0.1, 0.15) is 25.7 Å². The highest BCUT2D eigenvalue weighted by Gasteiger charge is 2.32. The summed E-state index contributed by atoms with van der Waals surface area (Å²) in [5, 5.41) is 0. The Balaban J connectivity index is 2.46. The highest BCUT2D eigenvalue weighted by molar-refractivity contribution is 14.2. The molecule has 2 nitrogen and oxygen atoms in total. The zero-order valence-electron chi connectivity index (χ0n) is 7.17. The summed E-state index contributed by atoms with van der Waals surface area (Å²) in [5.41, 5.74) is 0. The SMILES string of the molecule is O=C(C1CCC(P)(P)CC1)N(I)I. The van der Waals surface area contributed by atoms with Crippen molar-refractivity contribution in [3.8, 4) is 0 Å². The molecule has 0 aromatic heterocycles. The van der Waals surface area contributed by atoms with E-state index in [4.69, 9.17) is 0 Å². The van der Waals surface area contributed by atoms with E-state index in [2.05, 4.69) is 18.5 Å². The Morgan fingerprint density at radius 2 is 1.77 bits per heavy atom. The highest BCUT2D eigenvalue weighted by Crippen LogP contribution is 2.44. The molecule has 0 aromatic carbocycles. The second-order valence-electron chi connectivity index (χ2n) is 3.58. The summed E-state index contributed by atoms with van der Waals surface area (Å²) in [6, 6.07) is 0. The lowest BCUT2D eigenvalue weighted by atomic mass is 9.88. The maximum absolute atomic E-state index is 11.6. The maximum atomic E-state index is 11.6. The first-order valence-electron chi connectivity index (χ1n) is 4.16. The van der Waals surface area contributed by atoms with Crippen LogP contribution in [0.2, 0.25) is 0 Å². The van der Waals surface area contributed by atoms with Gasteiger partial charge in [-0.15, -0.1) is 18.5 Å². The zero-order chi connectivity index (χ0) is 10.1. The van der Waals surface area contributed by atoms with Crippen molar-refractivity contribution in [3.63, 3.8) is 0 Å². The Labute approximate surface area is 112 Å². The van der Waals surface area contributed by atoms with Gasteiger partial charge in [0.1, 0.15) is 0 Å². The Morgan fingerprint density at radius 3 is 2.15 bits per heavy atom. The quantitative estimate of drug-likeness (QED) is 0.347. The molecule has 0 radical (unpaired) electrons. The summed E-state index contributed by atoms with van der Waals surface area (Å²) in [4.78, 5) is 11.9. The minimum Gasteiger partial charge on any atom is -0.273 e. The molecule has 1 amide bonds. The fourth-order valence-corrected chi connectivity index (χ4v) is 2.99. The van der Waals surface area contributed by atoms with Crippen LogP contribution in [0.4, 0.5) is 0 Å². The molecule has 76 valence electrons. The molecule has 0 saturated heterocycles. The van der Waals surface area contributed by atoms with E-state index >= 15 is 0 Å². The van der Waals surface area contributed by atoms with E-state index in [0.717, 1.165) is 25.7 Å². The van der Waals surface area contributed by atoms with Crippen molar-refractivity contribution < 1.29 is 4.79 Å². The summed E-state index contributed by atoms with van der Waals surface area (Å²) in [5.74, 6) is 0.523. The molecule has 1 saturated carbocycles. The smallest absolute Gasteiger partial charge is 0.243 e. The van der Waals surface area contributed by atoms with Crippen molar-refractivity contribution in [2.24, 2.45) is 5.92 Å². The van der Waals surface area contributed by atoms with Gasteiger partial charge in [0.15, 0.2) is 0 Å². The van der Waals surface area contributed by atoms with Gasteiger partial charge in [-0.3, -0.25) is 4.79 Å². The zero-order valence-corrected chi connectivity index (χ0v) is 13.8. The van der Waals surface area contributed by atoms with Gasteiger partial charge in [-0.1, -0.05) is 0 Å². The minimum atomic E-state index is 0.253. The van der Waals surface area contributed by atoms with E-state index in [0.29, 0.717) is 0 Å². The van der Waals surface area contributed by atoms with Crippen molar-refractivity contribution in [1.29, 1.82) is 0 Å². The van der Waals surface area contributed by atoms with Crippen LogP contribution in [0.5, 0.6) is 0 Å². The van der Waals surface area contributed by atoms with Gasteiger partial charge in [0, 0.05) is 5.92 Å². The topological polar surface area (TPSA) is 20.3 Å². The number of hydrogen-bond donors (Lipinski definition) is 0. The van der Waals surface area contributed by atoms with Crippen LogP contribution in [0.15, 0.2) is 0 Å². The summed E-state index contributed by atoms with van der Waals surface area (Å²) in [7, 11) is 5.74. The van der Waals surface area contributed by atoms with E-state index in [1.54, 1.807) is 1.33 Å². The number of nitrogens with zero attached hydrogens (tertiary/aromatic N) is 1. The molecular formula is C7H13I2NOP2. The fraction of sp³-hybridized carbons (Fsp3) is 0.857. The molecule has 1 aliphatic rings. The van der Waals surface area contributed by atoms with Gasteiger partial charge in [-0.25, -0.2) is 1.33 Å². The van der Waals surface area contributed by atoms with Gasteiger partial charge in [0.25, 0.3) is 0 Å². The standard InChI is InChI=1S/C7H13I2NOP2/c8-10(9)6(11)5-1-3-7(12,13)4-2-5/h5H,1-4,12-13H2. The lowest BCUT2D eigenvalue weighted by Gasteiger charge is -2.33. The van der Waals surface area contributed by atoms with Crippen LogP contribution >= 0.6 is 64.2 Å². The molecule has 0 aliphatic heterocycles. The Morgan fingerprint density at radius 1 is 1.31 bits per heavy atom. The van der Waals surface area contributed by atoms with Gasteiger partial charge in [-0.05, 0) is 30.6 Å². The summed E-state index contributed by atoms with van der Waals surface area (Å²) >= 11 is 4.08. The molecule has 1 fully saturated rings. The van der Waals surface area contributed by atoms with E-state index < -0.39 is 0 Å². The van der Waals surface area contributed by atoms with Crippen molar-refractivity contribution in [2.75, 3.05) is 0 Å². The number of hydrogen-bond acceptors (Lipinski definition) is 1. The van der Waals surface area contributed by atoms with Crippen LogP contribution in [-0.2, 0) is 4.79 Å². The van der Waals surface area contributed by atoms with Crippen molar-refractivity contribution in [1.82, 2.24) is 1.33 Å². The van der Waals surface area contributed by atoms with Crippen LogP contribution < -0.4 is 0 Å². The van der Waals surface area contributed by atoms with Crippen LogP contribution in [0.25, 0.3) is 0 Å². The average molecular weight is 443 g/mol. The molecular weight excluding hydrogens is 430 g/mol. The molecule has 2 atom stereocenters. The van der Waals surface area contributed by atoms with E-state index in [1.165, 1.54) is 0 Å². The summed E-state index contributed by atoms with van der Waals surface area (Å²) < 4.78 is 1.65. The van der Waals surface area contributed by atoms with Gasteiger partial charge in [-0.2, -0.15) is 0 Å². The van der Waals surface area contributed by atoms with Crippen LogP contribution in [0, 0.1) is 5.92 Å². The van der Waals surface area contributed by atoms with Crippen LogP contribution in [-0.4, -0.2) is 12.1 Å². The third-order valence-electron chi connectivity index (χ3n) is 2.43. The van der Waals surface area contributed by atoms with E-state index in [1.807, 2.05) is 45.7 Å². The highest BCUT2D eigenvalue weighted by atomic mass is 127. The second-order valence-corrected chi connectivity index (χ2v) is 10.3. The van der Waals surface area contributed by atoms with Gasteiger partial charge >= 0.3 is 0 Å². The van der Waals surface area contributed by atoms with E-state index in [9.17, 15) is 4.79 Å². The monoisotopic (exact) mass is 443 g/mol. The molecule has 1 rings (SSSR count). The normalized spacial score (nSPS) is 22.8. The van der Waals surface area contributed by atoms with E-state index in [-0.39, 0.29) is 16.7 Å². The molecule has 2 unspecified atom stereocenters. The molecule has 0 heterocycles. The lowest BCUT2D eigenvalue weighted by molar-refractivity contribution is -0.126. The molecule has 0 aromatic rings. The first kappa shape index (κ1) is 12.9. The van der Waals surface area contributed by atoms with Gasteiger partial charge < -0.3 is 0 Å². The fourth-order valence-electron chi connectivity index (χ4n) is 1.54. The molecule has 0 bridgehead atoms. The van der Waals surface area contributed by atoms with Crippen LogP contribution in [0.3, 0.4) is 0 Å². The summed E-state index contributed by atoms with van der Waals surface area (Å²) in [6.07, 6.45) is 4.27. The summed E-state index contributed by atoms with van der Waals surface area (Å²) in [6.45, 7) is 0. The minimum absolute atomic E-state index is 0.253. The molecule has 6 heteroatoms. The largest absolute Gasteiger partial charge is 0.273 e. The van der Waals surface area contributed by atoms with Gasteiger partial charge in [0.05, 0.1) is 45.7 Å². The van der Waals surface area contributed by atoms with Crippen molar-refractivity contribution >= 4 is 70.1 Å².